The Hall–Kier alpha value is -1.83. The number of ether oxygens (including phenoxy) is 2. The van der Waals surface area contributed by atoms with Gasteiger partial charge in [0.1, 0.15) is 5.75 Å². The Morgan fingerprint density at radius 1 is 1.41 bits per heavy atom. The maximum Gasteiger partial charge on any atom is 0.265 e. The topological polar surface area (TPSA) is 103 Å². The number of carbonyl (C=O) groups is 2. The number of carbonyl (C=O) groups excluding carboxylic acids is 2. The Morgan fingerprint density at radius 3 is 2.74 bits per heavy atom. The molecular weight excluding hydrogens is 370 g/mol. The van der Waals surface area contributed by atoms with Crippen LogP contribution in [0.5, 0.6) is 5.75 Å². The molecule has 8 heteroatoms. The molecule has 3 rings (SSSR count). The van der Waals surface area contributed by atoms with Crippen molar-refractivity contribution in [3.63, 3.8) is 0 Å². The van der Waals surface area contributed by atoms with Crippen LogP contribution < -0.4 is 21.1 Å². The average molecular weight is 398 g/mol. The van der Waals surface area contributed by atoms with E-state index in [1.807, 2.05) is 32.0 Å². The van der Waals surface area contributed by atoms with Crippen LogP contribution in [0.1, 0.15) is 44.7 Å². The highest BCUT2D eigenvalue weighted by molar-refractivity contribution is 5.97. The Morgan fingerprint density at radius 2 is 2.11 bits per heavy atom. The van der Waals surface area contributed by atoms with Crippen molar-refractivity contribution in [2.24, 2.45) is 11.1 Å². The quantitative estimate of drug-likeness (QED) is 0.706. The van der Waals surface area contributed by atoms with Gasteiger partial charge in [-0.2, -0.15) is 0 Å². The molecule has 2 aliphatic heterocycles. The van der Waals surface area contributed by atoms with E-state index >= 15 is 0 Å². The number of hydrogen-bond acceptors (Lipinski definition) is 5. The van der Waals surface area contributed by atoms with E-state index in [1.54, 1.807) is 0 Å². The standard InChI is InChI=1S/C19H27N3O4.ClH/c1-3-15-17(23)22-14-5-4-13(10-16(14)26-15)12(2)21-18(24)19(11-20)6-8-25-9-7-19;/h4-5,10,12,15H,3,6-9,11,20H2,1-2H3,(H,21,24)(H,22,23);1H. The molecule has 1 aromatic carbocycles. The number of rotatable bonds is 5. The van der Waals surface area contributed by atoms with E-state index in [9.17, 15) is 9.59 Å². The lowest BCUT2D eigenvalue weighted by atomic mass is 9.79. The number of halogens is 1. The van der Waals surface area contributed by atoms with Gasteiger partial charge in [0.25, 0.3) is 5.91 Å². The van der Waals surface area contributed by atoms with Crippen LogP contribution in [-0.2, 0) is 14.3 Å². The molecule has 0 saturated carbocycles. The van der Waals surface area contributed by atoms with Crippen molar-refractivity contribution in [3.8, 4) is 5.75 Å². The number of anilines is 1. The van der Waals surface area contributed by atoms with Crippen LogP contribution in [0, 0.1) is 5.41 Å². The molecule has 2 unspecified atom stereocenters. The molecule has 4 N–H and O–H groups in total. The summed E-state index contributed by atoms with van der Waals surface area (Å²) in [6.07, 6.45) is 1.40. The summed E-state index contributed by atoms with van der Waals surface area (Å²) in [4.78, 5) is 24.7. The molecule has 0 radical (unpaired) electrons. The zero-order valence-electron chi connectivity index (χ0n) is 15.7. The largest absolute Gasteiger partial charge is 0.478 e. The molecule has 2 heterocycles. The van der Waals surface area contributed by atoms with Crippen molar-refractivity contribution >= 4 is 29.9 Å². The van der Waals surface area contributed by atoms with Crippen molar-refractivity contribution < 1.29 is 19.1 Å². The Kier molecular flexibility index (Phi) is 7.08. The van der Waals surface area contributed by atoms with Crippen LogP contribution in [0.3, 0.4) is 0 Å². The van der Waals surface area contributed by atoms with Crippen LogP contribution in [0.4, 0.5) is 5.69 Å². The van der Waals surface area contributed by atoms with Gasteiger partial charge in [-0.05, 0) is 43.9 Å². The SMILES string of the molecule is CCC1Oc2cc(C(C)NC(=O)C3(CN)CCOCC3)ccc2NC1=O.Cl. The summed E-state index contributed by atoms with van der Waals surface area (Å²) in [5, 5.41) is 5.93. The van der Waals surface area contributed by atoms with Gasteiger partial charge < -0.3 is 25.8 Å². The van der Waals surface area contributed by atoms with Crippen molar-refractivity contribution in [2.75, 3.05) is 25.1 Å². The summed E-state index contributed by atoms with van der Waals surface area (Å²) in [6.45, 7) is 5.27. The highest BCUT2D eigenvalue weighted by Gasteiger charge is 2.39. The molecule has 1 fully saturated rings. The smallest absolute Gasteiger partial charge is 0.265 e. The minimum absolute atomic E-state index is 0. The summed E-state index contributed by atoms with van der Waals surface area (Å²) in [5.41, 5.74) is 6.93. The normalized spacial score (nSPS) is 21.7. The molecule has 150 valence electrons. The molecule has 7 nitrogen and oxygen atoms in total. The summed E-state index contributed by atoms with van der Waals surface area (Å²) in [6, 6.07) is 5.38. The van der Waals surface area contributed by atoms with E-state index in [-0.39, 0.29) is 30.3 Å². The third-order valence-corrected chi connectivity index (χ3v) is 5.37. The monoisotopic (exact) mass is 397 g/mol. The van der Waals surface area contributed by atoms with E-state index in [4.69, 9.17) is 15.2 Å². The van der Waals surface area contributed by atoms with Crippen molar-refractivity contribution in [1.29, 1.82) is 0 Å². The van der Waals surface area contributed by atoms with Crippen LogP contribution in [0.2, 0.25) is 0 Å². The summed E-state index contributed by atoms with van der Waals surface area (Å²) >= 11 is 0. The maximum absolute atomic E-state index is 12.8. The zero-order valence-corrected chi connectivity index (χ0v) is 16.6. The van der Waals surface area contributed by atoms with Crippen molar-refractivity contribution in [1.82, 2.24) is 5.32 Å². The number of nitrogens with one attached hydrogen (secondary N) is 2. The first-order valence-electron chi connectivity index (χ1n) is 9.19. The van der Waals surface area contributed by atoms with Crippen LogP contribution in [-0.4, -0.2) is 37.7 Å². The molecule has 0 bridgehead atoms. The van der Waals surface area contributed by atoms with E-state index in [1.165, 1.54) is 0 Å². The molecule has 0 aliphatic carbocycles. The van der Waals surface area contributed by atoms with Gasteiger partial charge >= 0.3 is 0 Å². The Bertz CT molecular complexity index is 692. The number of amides is 2. The summed E-state index contributed by atoms with van der Waals surface area (Å²) < 4.78 is 11.2. The number of fused-ring (bicyclic) bond motifs is 1. The average Bonchev–Trinajstić information content (AvgIpc) is 2.67. The first-order chi connectivity index (χ1) is 12.5. The number of hydrogen-bond donors (Lipinski definition) is 3. The third-order valence-electron chi connectivity index (χ3n) is 5.37. The van der Waals surface area contributed by atoms with E-state index in [2.05, 4.69) is 10.6 Å². The maximum atomic E-state index is 12.8. The molecule has 2 amide bonds. The lowest BCUT2D eigenvalue weighted by Crippen LogP contribution is -2.49. The second kappa shape index (κ2) is 8.91. The Labute approximate surface area is 165 Å². The van der Waals surface area contributed by atoms with E-state index in [0.717, 1.165) is 5.56 Å². The Balaban J connectivity index is 0.00000261. The van der Waals surface area contributed by atoms with Gasteiger partial charge in [-0.25, -0.2) is 0 Å². The first kappa shape index (κ1) is 21.5. The lowest BCUT2D eigenvalue weighted by Gasteiger charge is -2.35. The molecule has 0 aromatic heterocycles. The van der Waals surface area contributed by atoms with E-state index in [0.29, 0.717) is 50.5 Å². The molecule has 27 heavy (non-hydrogen) atoms. The number of nitrogens with two attached hydrogens (primary N) is 1. The second-order valence-corrected chi connectivity index (χ2v) is 7.05. The number of benzene rings is 1. The molecule has 0 spiro atoms. The predicted molar refractivity (Wildman–Crippen MR) is 105 cm³/mol. The van der Waals surface area contributed by atoms with Gasteiger partial charge in [0.15, 0.2) is 6.10 Å². The fourth-order valence-corrected chi connectivity index (χ4v) is 3.42. The molecule has 2 aliphatic rings. The second-order valence-electron chi connectivity index (χ2n) is 7.05. The van der Waals surface area contributed by atoms with Gasteiger partial charge in [-0.3, -0.25) is 9.59 Å². The highest BCUT2D eigenvalue weighted by atomic mass is 35.5. The first-order valence-corrected chi connectivity index (χ1v) is 9.19. The van der Waals surface area contributed by atoms with Gasteiger partial charge in [-0.15, -0.1) is 12.4 Å². The fraction of sp³-hybridized carbons (Fsp3) is 0.579. The molecule has 2 atom stereocenters. The van der Waals surface area contributed by atoms with Gasteiger partial charge in [-0.1, -0.05) is 13.0 Å². The van der Waals surface area contributed by atoms with Crippen molar-refractivity contribution in [2.45, 2.75) is 45.3 Å². The zero-order chi connectivity index (χ0) is 18.7. The van der Waals surface area contributed by atoms with Gasteiger partial charge in [0.2, 0.25) is 5.91 Å². The summed E-state index contributed by atoms with van der Waals surface area (Å²) in [5.74, 6) is 0.474. The van der Waals surface area contributed by atoms with Crippen LogP contribution in [0.15, 0.2) is 18.2 Å². The van der Waals surface area contributed by atoms with Crippen LogP contribution in [0.25, 0.3) is 0 Å². The van der Waals surface area contributed by atoms with Crippen LogP contribution >= 0.6 is 12.4 Å². The lowest BCUT2D eigenvalue weighted by molar-refractivity contribution is -0.136. The van der Waals surface area contributed by atoms with Gasteiger partial charge in [0, 0.05) is 19.8 Å². The molecule has 1 saturated heterocycles. The third kappa shape index (κ3) is 4.36. The fourth-order valence-electron chi connectivity index (χ4n) is 3.42. The molecule has 1 aromatic rings. The van der Waals surface area contributed by atoms with Crippen molar-refractivity contribution in [3.05, 3.63) is 23.8 Å². The predicted octanol–water partition coefficient (Wildman–Crippen LogP) is 2.15. The van der Waals surface area contributed by atoms with E-state index < -0.39 is 11.5 Å². The minimum atomic E-state index is -0.557. The minimum Gasteiger partial charge on any atom is -0.478 e. The van der Waals surface area contributed by atoms with Gasteiger partial charge in [0.05, 0.1) is 17.1 Å². The highest BCUT2D eigenvalue weighted by Crippen LogP contribution is 2.34. The summed E-state index contributed by atoms with van der Waals surface area (Å²) in [7, 11) is 0. The molecular formula is C19H28ClN3O4.